The molecule has 0 spiro atoms. The van der Waals surface area contributed by atoms with Crippen molar-refractivity contribution in [1.29, 1.82) is 0 Å². The minimum absolute atomic E-state index is 0.245. The molecular formula is C16H13F3N4O2S. The Bertz CT molecular complexity index is 921. The zero-order chi connectivity index (χ0) is 19.2. The lowest BCUT2D eigenvalue weighted by Gasteiger charge is -2.07. The van der Waals surface area contributed by atoms with Gasteiger partial charge >= 0.3 is 6.18 Å². The topological polar surface area (TPSA) is 85.7 Å². The smallest absolute Gasteiger partial charge is 0.245 e. The molecule has 136 valence electrons. The van der Waals surface area contributed by atoms with Gasteiger partial charge in [0, 0.05) is 30.4 Å². The first kappa shape index (κ1) is 19.4. The Kier molecular flexibility index (Phi) is 5.98. The molecule has 0 atom stereocenters. The maximum Gasteiger partial charge on any atom is 0.416 e. The highest BCUT2D eigenvalue weighted by Gasteiger charge is 2.30. The van der Waals surface area contributed by atoms with E-state index in [1.807, 2.05) is 0 Å². The van der Waals surface area contributed by atoms with E-state index in [0.717, 1.165) is 18.4 Å². The summed E-state index contributed by atoms with van der Waals surface area (Å²) in [5.41, 5.74) is -0.155. The van der Waals surface area contributed by atoms with Crippen molar-refractivity contribution in [3.63, 3.8) is 0 Å². The second kappa shape index (κ2) is 8.00. The summed E-state index contributed by atoms with van der Waals surface area (Å²) in [5, 5.41) is -0.366. The molecule has 0 saturated heterocycles. The summed E-state index contributed by atoms with van der Waals surface area (Å²) in [4.78, 5) is 14.8. The number of benzene rings is 1. The molecular weight excluding hydrogens is 369 g/mol. The van der Waals surface area contributed by atoms with Crippen LogP contribution in [0.4, 0.5) is 13.2 Å². The Labute approximate surface area is 147 Å². The van der Waals surface area contributed by atoms with Crippen molar-refractivity contribution in [3.8, 4) is 11.3 Å². The van der Waals surface area contributed by atoms with E-state index in [-0.39, 0.29) is 10.9 Å². The van der Waals surface area contributed by atoms with Gasteiger partial charge in [0.05, 0.1) is 11.3 Å². The summed E-state index contributed by atoms with van der Waals surface area (Å²) in [6, 6.07) is 7.50. The molecule has 10 heteroatoms. The van der Waals surface area contributed by atoms with Gasteiger partial charge in [0.2, 0.25) is 15.0 Å². The summed E-state index contributed by atoms with van der Waals surface area (Å²) in [6.07, 6.45) is 2.66. The van der Waals surface area contributed by atoms with E-state index in [9.17, 15) is 21.6 Å². The predicted octanol–water partition coefficient (Wildman–Crippen LogP) is 3.04. The minimum Gasteiger partial charge on any atom is -0.245 e. The Morgan fingerprint density at radius 1 is 0.923 bits per heavy atom. The quantitative estimate of drug-likeness (QED) is 0.634. The van der Waals surface area contributed by atoms with Gasteiger partial charge in [-0.15, -0.1) is 0 Å². The van der Waals surface area contributed by atoms with Crippen molar-refractivity contribution in [2.24, 2.45) is 0 Å². The van der Waals surface area contributed by atoms with E-state index in [0.29, 0.717) is 5.56 Å². The molecule has 0 unspecified atom stereocenters. The molecule has 26 heavy (non-hydrogen) atoms. The van der Waals surface area contributed by atoms with Crippen LogP contribution in [0.25, 0.3) is 11.3 Å². The van der Waals surface area contributed by atoms with Crippen molar-refractivity contribution < 1.29 is 21.6 Å². The van der Waals surface area contributed by atoms with Crippen LogP contribution >= 0.6 is 0 Å². The van der Waals surface area contributed by atoms with E-state index in [4.69, 9.17) is 0 Å². The largest absolute Gasteiger partial charge is 0.416 e. The first-order valence-corrected chi connectivity index (χ1v) is 8.98. The Morgan fingerprint density at radius 3 is 1.96 bits per heavy atom. The van der Waals surface area contributed by atoms with Crippen LogP contribution in [0, 0.1) is 0 Å². The van der Waals surface area contributed by atoms with E-state index < -0.39 is 21.6 Å². The van der Waals surface area contributed by atoms with Gasteiger partial charge in [-0.05, 0) is 24.3 Å². The summed E-state index contributed by atoms with van der Waals surface area (Å²) < 4.78 is 60.0. The van der Waals surface area contributed by atoms with E-state index in [2.05, 4.69) is 19.9 Å². The van der Waals surface area contributed by atoms with Gasteiger partial charge in [-0.2, -0.15) is 13.2 Å². The van der Waals surface area contributed by atoms with E-state index >= 15 is 0 Å². The molecule has 0 aliphatic rings. The normalized spacial score (nSPS) is 11.4. The second-order valence-corrected chi connectivity index (χ2v) is 6.89. The number of hydrogen-bond donors (Lipinski definition) is 0. The monoisotopic (exact) mass is 382 g/mol. The number of aromatic nitrogens is 4. The fourth-order valence-electron chi connectivity index (χ4n) is 1.76. The van der Waals surface area contributed by atoms with Crippen LogP contribution in [0.3, 0.4) is 0 Å². The van der Waals surface area contributed by atoms with Gasteiger partial charge in [0.15, 0.2) is 0 Å². The zero-order valence-corrected chi connectivity index (χ0v) is 14.2. The zero-order valence-electron chi connectivity index (χ0n) is 13.4. The lowest BCUT2D eigenvalue weighted by atomic mass is 10.1. The lowest BCUT2D eigenvalue weighted by Crippen LogP contribution is -2.05. The predicted molar refractivity (Wildman–Crippen MR) is 87.6 cm³/mol. The molecule has 0 amide bonds. The molecule has 1 aromatic carbocycles. The van der Waals surface area contributed by atoms with Gasteiger partial charge in [0.25, 0.3) is 0 Å². The van der Waals surface area contributed by atoms with Gasteiger partial charge in [-0.1, -0.05) is 12.1 Å². The molecule has 3 rings (SSSR count). The second-order valence-electron chi connectivity index (χ2n) is 4.98. The molecule has 2 aromatic heterocycles. The van der Waals surface area contributed by atoms with E-state index in [1.54, 1.807) is 18.5 Å². The van der Waals surface area contributed by atoms with Crippen molar-refractivity contribution >= 4 is 9.84 Å². The average Bonchev–Trinajstić information content (AvgIpc) is 2.62. The Balaban J connectivity index is 0.000000342. The number of rotatable bonds is 2. The SMILES string of the molecule is CS(=O)(=O)c1nccc(-c2ccc(C(F)(F)F)cc2)n1.c1cncnc1. The standard InChI is InChI=1S/C12H9F3N2O2S.C4H4N2/c1-20(18,19)11-16-7-6-10(17-11)8-2-4-9(5-3-8)12(13,14)15;1-2-5-4-6-3-1/h2-7H,1H3;1-4H. The van der Waals surface area contributed by atoms with Gasteiger partial charge in [0.1, 0.15) is 6.33 Å². The number of hydrogen-bond acceptors (Lipinski definition) is 6. The minimum atomic E-state index is -4.41. The van der Waals surface area contributed by atoms with E-state index in [1.165, 1.54) is 30.7 Å². The molecule has 0 radical (unpaired) electrons. The number of nitrogens with zero attached hydrogens (tertiary/aromatic N) is 4. The summed E-state index contributed by atoms with van der Waals surface area (Å²) >= 11 is 0. The fourth-order valence-corrected chi connectivity index (χ4v) is 2.28. The van der Waals surface area contributed by atoms with Crippen LogP contribution in [0.15, 0.2) is 66.5 Å². The molecule has 0 fully saturated rings. The molecule has 3 aromatic rings. The molecule has 6 nitrogen and oxygen atoms in total. The van der Waals surface area contributed by atoms with Crippen LogP contribution in [-0.4, -0.2) is 34.6 Å². The van der Waals surface area contributed by atoms with Crippen LogP contribution in [-0.2, 0) is 16.0 Å². The van der Waals surface area contributed by atoms with Crippen molar-refractivity contribution in [2.75, 3.05) is 6.26 Å². The van der Waals surface area contributed by atoms with Gasteiger partial charge in [-0.25, -0.2) is 28.4 Å². The maximum atomic E-state index is 12.4. The maximum absolute atomic E-state index is 12.4. The first-order chi connectivity index (χ1) is 12.2. The Hall–Kier alpha value is -2.88. The molecule has 0 aliphatic heterocycles. The van der Waals surface area contributed by atoms with Crippen molar-refractivity contribution in [2.45, 2.75) is 11.3 Å². The highest BCUT2D eigenvalue weighted by atomic mass is 32.2. The molecule has 2 heterocycles. The number of sulfone groups is 1. The van der Waals surface area contributed by atoms with Crippen LogP contribution in [0.2, 0.25) is 0 Å². The summed E-state index contributed by atoms with van der Waals surface area (Å²) in [5.74, 6) is 0. The molecule has 0 N–H and O–H groups in total. The van der Waals surface area contributed by atoms with Crippen molar-refractivity contribution in [1.82, 2.24) is 19.9 Å². The van der Waals surface area contributed by atoms with Gasteiger partial charge < -0.3 is 0 Å². The molecule has 0 bridgehead atoms. The van der Waals surface area contributed by atoms with Crippen LogP contribution in [0.1, 0.15) is 5.56 Å². The van der Waals surface area contributed by atoms with Crippen molar-refractivity contribution in [3.05, 3.63) is 66.9 Å². The highest BCUT2D eigenvalue weighted by molar-refractivity contribution is 7.90. The van der Waals surface area contributed by atoms with Crippen LogP contribution < -0.4 is 0 Å². The molecule has 0 saturated carbocycles. The lowest BCUT2D eigenvalue weighted by molar-refractivity contribution is -0.137. The van der Waals surface area contributed by atoms with Gasteiger partial charge in [-0.3, -0.25) is 0 Å². The molecule has 0 aliphatic carbocycles. The Morgan fingerprint density at radius 2 is 1.54 bits per heavy atom. The highest BCUT2D eigenvalue weighted by Crippen LogP contribution is 2.30. The first-order valence-electron chi connectivity index (χ1n) is 7.08. The third-order valence-corrected chi connectivity index (χ3v) is 3.81. The third kappa shape index (κ3) is 5.59. The van der Waals surface area contributed by atoms with Crippen LogP contribution in [0.5, 0.6) is 0 Å². The fraction of sp³-hybridized carbons (Fsp3) is 0.125. The number of alkyl halides is 3. The summed E-state index contributed by atoms with van der Waals surface area (Å²) in [7, 11) is -3.57. The third-order valence-electron chi connectivity index (χ3n) is 2.95. The average molecular weight is 382 g/mol. The summed E-state index contributed by atoms with van der Waals surface area (Å²) in [6.45, 7) is 0. The number of halogens is 3.